The molecule has 1 aromatic heterocycles. The fraction of sp³-hybridized carbons (Fsp3) is 0.316. The summed E-state index contributed by atoms with van der Waals surface area (Å²) >= 11 is 0. The molecule has 0 radical (unpaired) electrons. The first-order valence-electron chi connectivity index (χ1n) is 8.49. The molecular formula is C19H21N3O3. The van der Waals surface area contributed by atoms with Crippen molar-refractivity contribution in [1.29, 1.82) is 0 Å². The van der Waals surface area contributed by atoms with Crippen molar-refractivity contribution in [3.05, 3.63) is 64.6 Å². The Morgan fingerprint density at radius 2 is 1.76 bits per heavy atom. The average Bonchev–Trinajstić information content (AvgIpc) is 3.10. The van der Waals surface area contributed by atoms with E-state index in [2.05, 4.69) is 10.6 Å². The van der Waals surface area contributed by atoms with E-state index >= 15 is 0 Å². The lowest BCUT2D eigenvalue weighted by Gasteiger charge is -2.15. The fourth-order valence-corrected chi connectivity index (χ4v) is 3.06. The molecule has 6 nitrogen and oxygen atoms in total. The zero-order valence-corrected chi connectivity index (χ0v) is 13.9. The van der Waals surface area contributed by atoms with Gasteiger partial charge >= 0.3 is 0 Å². The maximum absolute atomic E-state index is 12.5. The Labute approximate surface area is 145 Å². The normalized spacial score (nSPS) is 14.2. The summed E-state index contributed by atoms with van der Waals surface area (Å²) in [6.45, 7) is -0.0990. The van der Waals surface area contributed by atoms with Gasteiger partial charge in [-0.1, -0.05) is 31.0 Å². The minimum Gasteiger partial charge on any atom is -0.349 e. The topological polar surface area (TPSA) is 80.2 Å². The van der Waals surface area contributed by atoms with E-state index in [1.165, 1.54) is 10.6 Å². The van der Waals surface area contributed by atoms with Crippen LogP contribution < -0.4 is 16.2 Å². The molecule has 6 heteroatoms. The summed E-state index contributed by atoms with van der Waals surface area (Å²) in [5.74, 6) is -0.533. The zero-order valence-electron chi connectivity index (χ0n) is 13.9. The Bertz CT molecular complexity index is 822. The second-order valence-corrected chi connectivity index (χ2v) is 6.22. The summed E-state index contributed by atoms with van der Waals surface area (Å²) < 4.78 is 1.32. The van der Waals surface area contributed by atoms with Gasteiger partial charge in [-0.15, -0.1) is 0 Å². The maximum atomic E-state index is 12.5. The molecule has 2 N–H and O–H groups in total. The number of hydrogen-bond acceptors (Lipinski definition) is 3. The van der Waals surface area contributed by atoms with E-state index in [9.17, 15) is 14.4 Å². The molecule has 1 heterocycles. The number of nitrogens with zero attached hydrogens (tertiary/aromatic N) is 1. The monoisotopic (exact) mass is 339 g/mol. The highest BCUT2D eigenvalue weighted by atomic mass is 16.2. The van der Waals surface area contributed by atoms with Crippen LogP contribution in [0.2, 0.25) is 0 Å². The fourth-order valence-electron chi connectivity index (χ4n) is 3.06. The van der Waals surface area contributed by atoms with Gasteiger partial charge in [0.2, 0.25) is 5.91 Å². The van der Waals surface area contributed by atoms with Gasteiger partial charge in [0.1, 0.15) is 6.54 Å². The molecule has 0 unspecified atom stereocenters. The molecule has 1 saturated carbocycles. The zero-order chi connectivity index (χ0) is 17.6. The second kappa shape index (κ2) is 7.79. The van der Waals surface area contributed by atoms with E-state index < -0.39 is 0 Å². The Kier molecular flexibility index (Phi) is 5.28. The minimum atomic E-state index is -0.352. The van der Waals surface area contributed by atoms with Crippen LogP contribution in [-0.4, -0.2) is 22.4 Å². The molecule has 0 spiro atoms. The molecule has 130 valence electrons. The van der Waals surface area contributed by atoms with Crippen molar-refractivity contribution in [1.82, 2.24) is 9.88 Å². The van der Waals surface area contributed by atoms with E-state index in [1.807, 2.05) is 0 Å². The lowest BCUT2D eigenvalue weighted by molar-refractivity contribution is -0.116. The molecule has 0 atom stereocenters. The first-order chi connectivity index (χ1) is 12.1. The van der Waals surface area contributed by atoms with Crippen LogP contribution in [0.4, 0.5) is 5.69 Å². The number of aromatic nitrogens is 1. The van der Waals surface area contributed by atoms with E-state index in [0.717, 1.165) is 25.7 Å². The molecule has 0 bridgehead atoms. The molecule has 2 amide bonds. The number of rotatable bonds is 5. The van der Waals surface area contributed by atoms with E-state index in [-0.39, 0.29) is 30.0 Å². The number of carbonyl (C=O) groups excluding carboxylic acids is 2. The number of pyridine rings is 1. The average molecular weight is 339 g/mol. The Balaban J connectivity index is 1.70. The summed E-state index contributed by atoms with van der Waals surface area (Å²) in [5, 5.41) is 5.75. The Morgan fingerprint density at radius 3 is 2.52 bits per heavy atom. The maximum Gasteiger partial charge on any atom is 0.253 e. The number of hydrogen-bond donors (Lipinski definition) is 2. The van der Waals surface area contributed by atoms with Crippen molar-refractivity contribution >= 4 is 17.5 Å². The van der Waals surface area contributed by atoms with Crippen molar-refractivity contribution in [2.45, 2.75) is 38.3 Å². The van der Waals surface area contributed by atoms with Gasteiger partial charge in [-0.3, -0.25) is 14.4 Å². The molecule has 1 fully saturated rings. The first-order valence-corrected chi connectivity index (χ1v) is 8.49. The van der Waals surface area contributed by atoms with Crippen molar-refractivity contribution in [2.24, 2.45) is 0 Å². The Morgan fingerprint density at radius 1 is 1.04 bits per heavy atom. The van der Waals surface area contributed by atoms with E-state index in [1.54, 1.807) is 42.6 Å². The molecule has 2 aromatic rings. The van der Waals surface area contributed by atoms with Crippen LogP contribution in [0.3, 0.4) is 0 Å². The van der Waals surface area contributed by atoms with Gasteiger partial charge in [0.05, 0.1) is 11.3 Å². The quantitative estimate of drug-likeness (QED) is 0.876. The van der Waals surface area contributed by atoms with Crippen LogP contribution in [-0.2, 0) is 11.3 Å². The highest BCUT2D eigenvalue weighted by Crippen LogP contribution is 2.20. The third-order valence-electron chi connectivity index (χ3n) is 4.35. The molecule has 1 aliphatic carbocycles. The summed E-state index contributed by atoms with van der Waals surface area (Å²) in [6, 6.07) is 11.8. The van der Waals surface area contributed by atoms with Gasteiger partial charge in [0.25, 0.3) is 11.5 Å². The van der Waals surface area contributed by atoms with E-state index in [0.29, 0.717) is 11.3 Å². The van der Waals surface area contributed by atoms with Crippen molar-refractivity contribution < 1.29 is 9.59 Å². The number of anilines is 1. The number of carbonyl (C=O) groups is 2. The summed E-state index contributed by atoms with van der Waals surface area (Å²) in [6.07, 6.45) is 5.82. The van der Waals surface area contributed by atoms with Gasteiger partial charge in [0, 0.05) is 18.3 Å². The van der Waals surface area contributed by atoms with Crippen LogP contribution in [0.5, 0.6) is 0 Å². The van der Waals surface area contributed by atoms with Gasteiger partial charge < -0.3 is 15.2 Å². The third-order valence-corrected chi connectivity index (χ3v) is 4.35. The molecule has 1 aliphatic rings. The molecule has 0 aliphatic heterocycles. The summed E-state index contributed by atoms with van der Waals surface area (Å²) in [5.41, 5.74) is 0.639. The number of amides is 2. The predicted octanol–water partition coefficient (Wildman–Crippen LogP) is 2.16. The van der Waals surface area contributed by atoms with Crippen LogP contribution in [0.15, 0.2) is 53.5 Å². The molecule has 3 rings (SSSR count). The minimum absolute atomic E-state index is 0.0990. The predicted molar refractivity (Wildman–Crippen MR) is 95.5 cm³/mol. The second-order valence-electron chi connectivity index (χ2n) is 6.22. The van der Waals surface area contributed by atoms with E-state index in [4.69, 9.17) is 0 Å². The number of benzene rings is 1. The van der Waals surface area contributed by atoms with Gasteiger partial charge in [-0.25, -0.2) is 0 Å². The lowest BCUT2D eigenvalue weighted by Crippen LogP contribution is -2.33. The largest absolute Gasteiger partial charge is 0.349 e. The van der Waals surface area contributed by atoms with Crippen molar-refractivity contribution in [3.63, 3.8) is 0 Å². The van der Waals surface area contributed by atoms with Crippen LogP contribution in [0, 0.1) is 0 Å². The molecule has 0 saturated heterocycles. The standard InChI is InChI=1S/C19H21N3O3/c23-17(13-22-12-6-5-11-18(22)24)21-16-10-4-3-9-15(16)19(25)20-14-7-1-2-8-14/h3-6,9-12,14H,1-2,7-8,13H2,(H,20,25)(H,21,23). The van der Waals surface area contributed by atoms with Gasteiger partial charge in [-0.05, 0) is 31.0 Å². The van der Waals surface area contributed by atoms with Crippen LogP contribution in [0.25, 0.3) is 0 Å². The van der Waals surface area contributed by atoms with Gasteiger partial charge in [-0.2, -0.15) is 0 Å². The van der Waals surface area contributed by atoms with Crippen molar-refractivity contribution in [3.8, 4) is 0 Å². The van der Waals surface area contributed by atoms with Crippen LogP contribution >= 0.6 is 0 Å². The third kappa shape index (κ3) is 4.35. The van der Waals surface area contributed by atoms with Crippen LogP contribution in [0.1, 0.15) is 36.0 Å². The summed E-state index contributed by atoms with van der Waals surface area (Å²) in [4.78, 5) is 36.4. The molecule has 1 aromatic carbocycles. The lowest BCUT2D eigenvalue weighted by atomic mass is 10.1. The number of nitrogens with one attached hydrogen (secondary N) is 2. The Hall–Kier alpha value is -2.89. The van der Waals surface area contributed by atoms with Crippen molar-refractivity contribution in [2.75, 3.05) is 5.32 Å². The molecular weight excluding hydrogens is 318 g/mol. The summed E-state index contributed by atoms with van der Waals surface area (Å²) in [7, 11) is 0. The highest BCUT2D eigenvalue weighted by Gasteiger charge is 2.20. The van der Waals surface area contributed by atoms with Gasteiger partial charge in [0.15, 0.2) is 0 Å². The highest BCUT2D eigenvalue weighted by molar-refractivity contribution is 6.03. The smallest absolute Gasteiger partial charge is 0.253 e. The molecule has 25 heavy (non-hydrogen) atoms. The number of para-hydroxylation sites is 1. The SMILES string of the molecule is O=C(Cn1ccccc1=O)Nc1ccccc1C(=O)NC1CCCC1. The first kappa shape index (κ1) is 17.0.